The van der Waals surface area contributed by atoms with Crippen molar-refractivity contribution in [2.24, 2.45) is 0 Å². The van der Waals surface area contributed by atoms with Crippen LogP contribution in [0.15, 0.2) is 48.5 Å². The highest BCUT2D eigenvalue weighted by Gasteiger charge is 2.52. The average molecular weight is 466 g/mol. The van der Waals surface area contributed by atoms with E-state index in [2.05, 4.69) is 5.32 Å². The molecule has 2 aromatic carbocycles. The van der Waals surface area contributed by atoms with Crippen LogP contribution in [0, 0.1) is 0 Å². The van der Waals surface area contributed by atoms with Crippen molar-refractivity contribution in [3.05, 3.63) is 64.7 Å². The predicted molar refractivity (Wildman–Crippen MR) is 127 cm³/mol. The number of rotatable bonds is 6. The zero-order valence-electron chi connectivity index (χ0n) is 18.8. The molecule has 3 aliphatic rings. The second-order valence-electron chi connectivity index (χ2n) is 9.51. The summed E-state index contributed by atoms with van der Waals surface area (Å²) in [5, 5.41) is 3.92. The van der Waals surface area contributed by atoms with E-state index in [1.807, 2.05) is 49.4 Å². The van der Waals surface area contributed by atoms with E-state index in [1.54, 1.807) is 15.9 Å². The Hall–Kier alpha value is -2.86. The SMILES string of the molecule is CC12CCC(=O)N1c1ccccc1C(=O)N2CCCC(=O)NC1(c2ccc(Cl)cc2)CCC1. The van der Waals surface area contributed by atoms with Gasteiger partial charge in [0.25, 0.3) is 5.91 Å². The molecular weight excluding hydrogens is 438 g/mol. The summed E-state index contributed by atoms with van der Waals surface area (Å²) in [4.78, 5) is 42.4. The zero-order chi connectivity index (χ0) is 23.2. The number of halogens is 1. The van der Waals surface area contributed by atoms with Crippen LogP contribution in [0.4, 0.5) is 5.69 Å². The number of para-hydroxylation sites is 1. The third-order valence-electron chi connectivity index (χ3n) is 7.51. The number of carbonyl (C=O) groups is 3. The monoisotopic (exact) mass is 465 g/mol. The minimum absolute atomic E-state index is 0.0148. The van der Waals surface area contributed by atoms with Crippen molar-refractivity contribution in [1.29, 1.82) is 0 Å². The van der Waals surface area contributed by atoms with E-state index in [1.165, 1.54) is 0 Å². The number of nitrogens with zero attached hydrogens (tertiary/aromatic N) is 2. The Kier molecular flexibility index (Phi) is 5.44. The molecule has 7 heteroatoms. The fourth-order valence-corrected chi connectivity index (χ4v) is 5.68. The van der Waals surface area contributed by atoms with Crippen molar-refractivity contribution >= 4 is 35.0 Å². The van der Waals surface area contributed by atoms with Gasteiger partial charge in [-0.25, -0.2) is 0 Å². The first-order valence-electron chi connectivity index (χ1n) is 11.7. The second kappa shape index (κ2) is 8.17. The standard InChI is InChI=1S/C26H28ClN3O3/c1-25-16-13-23(32)30(25)21-7-3-2-6-20(21)24(33)29(25)17-4-8-22(31)28-26(14-5-15-26)18-9-11-19(27)12-10-18/h2-3,6-7,9-12H,4-5,8,13-17H2,1H3,(H,28,31). The van der Waals surface area contributed by atoms with Crippen LogP contribution in [0.1, 0.15) is 67.8 Å². The molecular formula is C26H28ClN3O3. The van der Waals surface area contributed by atoms with Crippen molar-refractivity contribution < 1.29 is 14.4 Å². The fraction of sp³-hybridized carbons (Fsp3) is 0.423. The first-order valence-corrected chi connectivity index (χ1v) is 12.0. The van der Waals surface area contributed by atoms with E-state index in [-0.39, 0.29) is 23.3 Å². The molecule has 172 valence electrons. The smallest absolute Gasteiger partial charge is 0.257 e. The number of nitrogens with one attached hydrogen (secondary N) is 1. The largest absolute Gasteiger partial charge is 0.347 e. The van der Waals surface area contributed by atoms with Crippen LogP contribution in [0.3, 0.4) is 0 Å². The molecule has 2 aromatic rings. The Morgan fingerprint density at radius 3 is 2.48 bits per heavy atom. The van der Waals surface area contributed by atoms with Crippen molar-refractivity contribution in [3.8, 4) is 0 Å². The van der Waals surface area contributed by atoms with Crippen molar-refractivity contribution in [2.45, 2.75) is 63.1 Å². The lowest BCUT2D eigenvalue weighted by atomic mass is 9.71. The summed E-state index contributed by atoms with van der Waals surface area (Å²) < 4.78 is 0. The maximum absolute atomic E-state index is 13.3. The Balaban J connectivity index is 1.27. The van der Waals surface area contributed by atoms with E-state index in [0.29, 0.717) is 48.5 Å². The van der Waals surface area contributed by atoms with E-state index in [0.717, 1.165) is 24.8 Å². The molecule has 3 amide bonds. The Labute approximate surface area is 198 Å². The quantitative estimate of drug-likeness (QED) is 0.677. The third kappa shape index (κ3) is 3.61. The topological polar surface area (TPSA) is 69.7 Å². The lowest BCUT2D eigenvalue weighted by molar-refractivity contribution is -0.124. The van der Waals surface area contributed by atoms with Gasteiger partial charge in [0.1, 0.15) is 5.66 Å². The fourth-order valence-electron chi connectivity index (χ4n) is 5.55. The Morgan fingerprint density at radius 1 is 1.06 bits per heavy atom. The Bertz CT molecular complexity index is 1110. The first kappa shape index (κ1) is 22.0. The maximum atomic E-state index is 13.3. The molecule has 1 saturated heterocycles. The van der Waals surface area contributed by atoms with Crippen LogP contribution in [-0.4, -0.2) is 34.8 Å². The summed E-state index contributed by atoms with van der Waals surface area (Å²) in [6.07, 6.45) is 4.77. The summed E-state index contributed by atoms with van der Waals surface area (Å²) in [5.74, 6) is -0.0508. The third-order valence-corrected chi connectivity index (χ3v) is 7.77. The van der Waals surface area contributed by atoms with Gasteiger partial charge in [-0.3, -0.25) is 19.3 Å². The van der Waals surface area contributed by atoms with Crippen LogP contribution in [0.2, 0.25) is 5.02 Å². The van der Waals surface area contributed by atoms with Crippen LogP contribution in [0.25, 0.3) is 0 Å². The van der Waals surface area contributed by atoms with E-state index in [4.69, 9.17) is 11.6 Å². The molecule has 2 heterocycles. The lowest BCUT2D eigenvalue weighted by Crippen LogP contribution is -2.62. The minimum Gasteiger partial charge on any atom is -0.347 e. The van der Waals surface area contributed by atoms with Crippen molar-refractivity contribution in [1.82, 2.24) is 10.2 Å². The van der Waals surface area contributed by atoms with Gasteiger partial charge in [0.15, 0.2) is 0 Å². The number of anilines is 1. The van der Waals surface area contributed by atoms with E-state index >= 15 is 0 Å². The van der Waals surface area contributed by atoms with E-state index in [9.17, 15) is 14.4 Å². The van der Waals surface area contributed by atoms with Gasteiger partial charge in [-0.05, 0) is 68.9 Å². The number of benzene rings is 2. The number of fused-ring (bicyclic) bond motifs is 3. The molecule has 5 rings (SSSR count). The van der Waals surface area contributed by atoms with Gasteiger partial charge < -0.3 is 10.2 Å². The summed E-state index contributed by atoms with van der Waals surface area (Å²) in [7, 11) is 0. The predicted octanol–water partition coefficient (Wildman–Crippen LogP) is 4.61. The van der Waals surface area contributed by atoms with Crippen LogP contribution < -0.4 is 10.2 Å². The zero-order valence-corrected chi connectivity index (χ0v) is 19.5. The van der Waals surface area contributed by atoms with Crippen molar-refractivity contribution in [2.75, 3.05) is 11.4 Å². The lowest BCUT2D eigenvalue weighted by Gasteiger charge is -2.48. The second-order valence-corrected chi connectivity index (χ2v) is 9.95. The first-order chi connectivity index (χ1) is 15.8. The van der Waals surface area contributed by atoms with Gasteiger partial charge in [-0.15, -0.1) is 0 Å². The molecule has 0 radical (unpaired) electrons. The van der Waals surface area contributed by atoms with Gasteiger partial charge in [0, 0.05) is 24.4 Å². The molecule has 1 atom stereocenters. The van der Waals surface area contributed by atoms with E-state index < -0.39 is 5.66 Å². The van der Waals surface area contributed by atoms with Crippen LogP contribution in [0.5, 0.6) is 0 Å². The van der Waals surface area contributed by atoms with Gasteiger partial charge >= 0.3 is 0 Å². The summed E-state index contributed by atoms with van der Waals surface area (Å²) >= 11 is 6.03. The number of hydrogen-bond donors (Lipinski definition) is 1. The molecule has 1 aliphatic carbocycles. The highest BCUT2D eigenvalue weighted by molar-refractivity contribution is 6.30. The van der Waals surface area contributed by atoms with Gasteiger partial charge in [0.2, 0.25) is 11.8 Å². The summed E-state index contributed by atoms with van der Waals surface area (Å²) in [6, 6.07) is 15.0. The molecule has 0 aromatic heterocycles. The van der Waals surface area contributed by atoms with Gasteiger partial charge in [0.05, 0.1) is 16.8 Å². The molecule has 0 bridgehead atoms. The molecule has 1 unspecified atom stereocenters. The molecule has 0 spiro atoms. The molecule has 2 fully saturated rings. The van der Waals surface area contributed by atoms with Crippen LogP contribution in [-0.2, 0) is 15.1 Å². The number of hydrogen-bond acceptors (Lipinski definition) is 3. The minimum atomic E-state index is -0.683. The molecule has 1 N–H and O–H groups in total. The normalized spacial score (nSPS) is 23.1. The van der Waals surface area contributed by atoms with Crippen molar-refractivity contribution in [3.63, 3.8) is 0 Å². The molecule has 1 saturated carbocycles. The Morgan fingerprint density at radius 2 is 1.79 bits per heavy atom. The van der Waals surface area contributed by atoms with Gasteiger partial charge in [-0.1, -0.05) is 35.9 Å². The summed E-state index contributed by atoms with van der Waals surface area (Å²) in [5.41, 5.74) is 1.32. The number of amides is 3. The van der Waals surface area contributed by atoms with Gasteiger partial charge in [-0.2, -0.15) is 0 Å². The number of carbonyl (C=O) groups excluding carboxylic acids is 3. The molecule has 33 heavy (non-hydrogen) atoms. The highest BCUT2D eigenvalue weighted by atomic mass is 35.5. The molecule has 6 nitrogen and oxygen atoms in total. The highest BCUT2D eigenvalue weighted by Crippen LogP contribution is 2.44. The van der Waals surface area contributed by atoms with Crippen LogP contribution >= 0.6 is 11.6 Å². The molecule has 2 aliphatic heterocycles. The summed E-state index contributed by atoms with van der Waals surface area (Å²) in [6.45, 7) is 2.38. The average Bonchev–Trinajstić information content (AvgIpc) is 3.09. The maximum Gasteiger partial charge on any atom is 0.257 e.